The molecule has 0 bridgehead atoms. The van der Waals surface area contributed by atoms with Gasteiger partial charge >= 0.3 is 0 Å². The van der Waals surface area contributed by atoms with E-state index in [0.29, 0.717) is 16.8 Å². The van der Waals surface area contributed by atoms with Gasteiger partial charge in [-0.25, -0.2) is 4.39 Å². The van der Waals surface area contributed by atoms with Crippen molar-refractivity contribution < 1.29 is 9.18 Å². The minimum absolute atomic E-state index is 0.0226. The average Bonchev–Trinajstić information content (AvgIpc) is 2.43. The molecule has 0 spiro atoms. The number of nitrogens with one attached hydrogen (secondary N) is 1. The number of nitrogens with two attached hydrogens (primary N) is 1. The fraction of sp³-hybridized carbons (Fsp3) is 0. The van der Waals surface area contributed by atoms with Gasteiger partial charge in [-0.3, -0.25) is 4.79 Å². The summed E-state index contributed by atoms with van der Waals surface area (Å²) in [6.45, 7) is 0. The van der Waals surface area contributed by atoms with Crippen molar-refractivity contribution in [1.29, 1.82) is 5.26 Å². The molecule has 3 N–H and O–H groups in total. The van der Waals surface area contributed by atoms with Crippen LogP contribution in [-0.2, 0) is 0 Å². The van der Waals surface area contributed by atoms with Gasteiger partial charge in [-0.15, -0.1) is 0 Å². The summed E-state index contributed by atoms with van der Waals surface area (Å²) in [6, 6.07) is 11.9. The fourth-order valence-corrected chi connectivity index (χ4v) is 1.53. The van der Waals surface area contributed by atoms with Gasteiger partial charge in [-0.05, 0) is 42.5 Å². The number of rotatable bonds is 2. The Kier molecular flexibility index (Phi) is 3.44. The average molecular weight is 255 g/mol. The molecule has 0 fully saturated rings. The number of halogens is 1. The lowest BCUT2D eigenvalue weighted by atomic mass is 10.1. The highest BCUT2D eigenvalue weighted by Crippen LogP contribution is 2.18. The molecule has 0 atom stereocenters. The van der Waals surface area contributed by atoms with E-state index in [1.54, 1.807) is 0 Å². The Balaban J connectivity index is 2.21. The Morgan fingerprint density at radius 2 is 1.89 bits per heavy atom. The van der Waals surface area contributed by atoms with Crippen molar-refractivity contribution in [2.45, 2.75) is 0 Å². The molecular formula is C14H10FN3O. The second kappa shape index (κ2) is 5.19. The number of anilines is 2. The number of carbonyl (C=O) groups is 1. The zero-order valence-electron chi connectivity index (χ0n) is 9.85. The molecule has 2 rings (SSSR count). The van der Waals surface area contributed by atoms with E-state index in [0.717, 1.165) is 0 Å². The first-order valence-electron chi connectivity index (χ1n) is 5.46. The lowest BCUT2D eigenvalue weighted by Gasteiger charge is -2.07. The molecule has 94 valence electrons. The lowest BCUT2D eigenvalue weighted by Crippen LogP contribution is -2.13. The topological polar surface area (TPSA) is 78.9 Å². The Bertz CT molecular complexity index is 659. The number of nitrogens with zero attached hydrogens (tertiary/aromatic N) is 1. The molecule has 2 aromatic carbocycles. The van der Waals surface area contributed by atoms with Crippen LogP contribution in [0.3, 0.4) is 0 Å². The molecule has 1 amide bonds. The first-order chi connectivity index (χ1) is 9.10. The third kappa shape index (κ3) is 2.87. The minimum Gasteiger partial charge on any atom is -0.399 e. The standard InChI is InChI=1S/C14H10FN3O/c15-12-6-5-11(17)7-13(12)18-14(19)10-3-1-9(8-16)2-4-10/h1-7H,17H2,(H,18,19). The number of nitriles is 1. The van der Waals surface area contributed by atoms with E-state index >= 15 is 0 Å². The largest absolute Gasteiger partial charge is 0.399 e. The van der Waals surface area contributed by atoms with E-state index in [1.165, 1.54) is 42.5 Å². The van der Waals surface area contributed by atoms with Crippen molar-refractivity contribution in [3.8, 4) is 6.07 Å². The minimum atomic E-state index is -0.559. The fourth-order valence-electron chi connectivity index (χ4n) is 1.53. The Morgan fingerprint density at radius 3 is 2.53 bits per heavy atom. The molecule has 0 heterocycles. The van der Waals surface area contributed by atoms with Gasteiger partial charge in [-0.1, -0.05) is 0 Å². The summed E-state index contributed by atoms with van der Waals surface area (Å²) >= 11 is 0. The van der Waals surface area contributed by atoms with Crippen LogP contribution in [0.5, 0.6) is 0 Å². The molecule has 0 aliphatic heterocycles. The maximum absolute atomic E-state index is 13.5. The Hall–Kier alpha value is -2.87. The van der Waals surface area contributed by atoms with Crippen LogP contribution in [-0.4, -0.2) is 5.91 Å². The lowest BCUT2D eigenvalue weighted by molar-refractivity contribution is 0.102. The highest BCUT2D eigenvalue weighted by atomic mass is 19.1. The Morgan fingerprint density at radius 1 is 1.21 bits per heavy atom. The third-order valence-electron chi connectivity index (χ3n) is 2.51. The number of carbonyl (C=O) groups excluding carboxylic acids is 1. The first kappa shape index (κ1) is 12.6. The number of benzene rings is 2. The maximum atomic E-state index is 13.5. The first-order valence-corrected chi connectivity index (χ1v) is 5.46. The Labute approximate surface area is 109 Å². The molecule has 4 nitrogen and oxygen atoms in total. The predicted molar refractivity (Wildman–Crippen MR) is 69.9 cm³/mol. The number of nitrogen functional groups attached to an aromatic ring is 1. The second-order valence-electron chi connectivity index (χ2n) is 3.88. The van der Waals surface area contributed by atoms with Crippen LogP contribution in [0.25, 0.3) is 0 Å². The van der Waals surface area contributed by atoms with Gasteiger partial charge in [-0.2, -0.15) is 5.26 Å². The van der Waals surface area contributed by atoms with Crippen LogP contribution in [0.2, 0.25) is 0 Å². The summed E-state index contributed by atoms with van der Waals surface area (Å²) in [5.41, 5.74) is 6.69. The quantitative estimate of drug-likeness (QED) is 0.809. The van der Waals surface area contributed by atoms with Gasteiger partial charge in [0.25, 0.3) is 5.91 Å². The summed E-state index contributed by atoms with van der Waals surface area (Å²) in [5.74, 6) is -1.02. The molecule has 2 aromatic rings. The zero-order chi connectivity index (χ0) is 13.8. The van der Waals surface area contributed by atoms with Crippen molar-refractivity contribution in [2.24, 2.45) is 0 Å². The number of amides is 1. The van der Waals surface area contributed by atoms with Crippen molar-refractivity contribution in [1.82, 2.24) is 0 Å². The van der Waals surface area contributed by atoms with Crippen LogP contribution in [0.1, 0.15) is 15.9 Å². The van der Waals surface area contributed by atoms with Crippen LogP contribution in [0.15, 0.2) is 42.5 Å². The van der Waals surface area contributed by atoms with Gasteiger partial charge in [0.1, 0.15) is 5.82 Å². The summed E-state index contributed by atoms with van der Waals surface area (Å²) < 4.78 is 13.5. The van der Waals surface area contributed by atoms with E-state index < -0.39 is 11.7 Å². The zero-order valence-corrected chi connectivity index (χ0v) is 9.85. The van der Waals surface area contributed by atoms with Crippen molar-refractivity contribution >= 4 is 17.3 Å². The molecular weight excluding hydrogens is 245 g/mol. The van der Waals surface area contributed by atoms with Crippen molar-refractivity contribution in [3.63, 3.8) is 0 Å². The molecule has 0 saturated carbocycles. The van der Waals surface area contributed by atoms with Crippen LogP contribution < -0.4 is 11.1 Å². The smallest absolute Gasteiger partial charge is 0.255 e. The monoisotopic (exact) mass is 255 g/mol. The SMILES string of the molecule is N#Cc1ccc(C(=O)Nc2cc(N)ccc2F)cc1. The second-order valence-corrected chi connectivity index (χ2v) is 3.88. The van der Waals surface area contributed by atoms with Crippen LogP contribution in [0, 0.1) is 17.1 Å². The number of hydrogen-bond donors (Lipinski definition) is 2. The van der Waals surface area contributed by atoms with Crippen molar-refractivity contribution in [3.05, 3.63) is 59.4 Å². The van der Waals surface area contributed by atoms with E-state index in [4.69, 9.17) is 11.0 Å². The summed E-state index contributed by atoms with van der Waals surface area (Å²) in [7, 11) is 0. The maximum Gasteiger partial charge on any atom is 0.255 e. The van der Waals surface area contributed by atoms with Crippen molar-refractivity contribution in [2.75, 3.05) is 11.1 Å². The molecule has 0 aliphatic carbocycles. The van der Waals surface area contributed by atoms with E-state index in [1.807, 2.05) is 6.07 Å². The van der Waals surface area contributed by atoms with Gasteiger partial charge in [0.2, 0.25) is 0 Å². The molecule has 0 unspecified atom stereocenters. The molecule has 0 radical (unpaired) electrons. The van der Waals surface area contributed by atoms with Gasteiger partial charge in [0.05, 0.1) is 17.3 Å². The molecule has 5 heteroatoms. The summed E-state index contributed by atoms with van der Waals surface area (Å²) in [6.07, 6.45) is 0. The summed E-state index contributed by atoms with van der Waals surface area (Å²) in [4.78, 5) is 11.9. The van der Waals surface area contributed by atoms with Gasteiger partial charge in [0, 0.05) is 11.3 Å². The molecule has 0 aliphatic rings. The van der Waals surface area contributed by atoms with Gasteiger partial charge < -0.3 is 11.1 Å². The van der Waals surface area contributed by atoms with Crippen LogP contribution >= 0.6 is 0 Å². The summed E-state index contributed by atoms with van der Waals surface area (Å²) in [5, 5.41) is 11.1. The highest BCUT2D eigenvalue weighted by molar-refractivity contribution is 6.04. The van der Waals surface area contributed by atoms with E-state index in [-0.39, 0.29) is 5.69 Å². The number of hydrogen-bond acceptors (Lipinski definition) is 3. The molecule has 0 saturated heterocycles. The highest BCUT2D eigenvalue weighted by Gasteiger charge is 2.09. The molecule has 19 heavy (non-hydrogen) atoms. The molecule has 0 aromatic heterocycles. The third-order valence-corrected chi connectivity index (χ3v) is 2.51. The van der Waals surface area contributed by atoms with E-state index in [2.05, 4.69) is 5.32 Å². The van der Waals surface area contributed by atoms with Crippen LogP contribution in [0.4, 0.5) is 15.8 Å². The van der Waals surface area contributed by atoms with E-state index in [9.17, 15) is 9.18 Å². The normalized spacial score (nSPS) is 9.68. The van der Waals surface area contributed by atoms with Gasteiger partial charge in [0.15, 0.2) is 0 Å². The predicted octanol–water partition coefficient (Wildman–Crippen LogP) is 2.53.